The van der Waals surface area contributed by atoms with E-state index in [9.17, 15) is 9.18 Å². The van der Waals surface area contributed by atoms with Gasteiger partial charge in [0.25, 0.3) is 0 Å². The Morgan fingerprint density at radius 3 is 2.43 bits per heavy atom. The van der Waals surface area contributed by atoms with Gasteiger partial charge in [-0.1, -0.05) is 42.5 Å². The van der Waals surface area contributed by atoms with E-state index < -0.39 is 5.97 Å². The Labute approximate surface area is 121 Å². The summed E-state index contributed by atoms with van der Waals surface area (Å²) in [4.78, 5) is 11.8. The predicted molar refractivity (Wildman–Crippen MR) is 76.2 cm³/mol. The maximum atomic E-state index is 12.8. The fraction of sp³-hybridized carbons (Fsp3) is 0.0588. The molecule has 104 valence electrons. The summed E-state index contributed by atoms with van der Waals surface area (Å²) in [7, 11) is 0. The number of halogens is 1. The number of nitrogens with zero attached hydrogens (tertiary/aromatic N) is 1. The minimum absolute atomic E-state index is 0.00702. The molecule has 0 saturated carbocycles. The second kappa shape index (κ2) is 7.01. The lowest BCUT2D eigenvalue weighted by molar-refractivity contribution is -0.139. The number of carbonyl (C=O) groups is 1. The second-order valence-corrected chi connectivity index (χ2v) is 4.28. The van der Waals surface area contributed by atoms with Crippen molar-refractivity contribution in [2.45, 2.75) is 6.61 Å². The summed E-state index contributed by atoms with van der Waals surface area (Å²) in [6.45, 7) is -0.00702. The van der Waals surface area contributed by atoms with Gasteiger partial charge in [0.15, 0.2) is 0 Å². The molecule has 2 aromatic rings. The van der Waals surface area contributed by atoms with Crippen molar-refractivity contribution in [1.82, 2.24) is 0 Å². The molecule has 4 heteroatoms. The van der Waals surface area contributed by atoms with Crippen molar-refractivity contribution in [1.29, 1.82) is 5.26 Å². The zero-order valence-electron chi connectivity index (χ0n) is 11.1. The molecule has 0 aliphatic rings. The summed E-state index contributed by atoms with van der Waals surface area (Å²) < 4.78 is 17.8. The molecule has 0 radical (unpaired) electrons. The van der Waals surface area contributed by atoms with Crippen molar-refractivity contribution in [3.05, 3.63) is 77.1 Å². The molecule has 0 amide bonds. The van der Waals surface area contributed by atoms with Gasteiger partial charge in [-0.25, -0.2) is 9.18 Å². The average molecular weight is 281 g/mol. The van der Waals surface area contributed by atoms with Crippen LogP contribution in [0.25, 0.3) is 6.08 Å². The van der Waals surface area contributed by atoms with Gasteiger partial charge in [-0.3, -0.25) is 0 Å². The Hall–Kier alpha value is -2.93. The molecular formula is C17H12FNO2. The van der Waals surface area contributed by atoms with Crippen LogP contribution in [0, 0.1) is 17.1 Å². The highest BCUT2D eigenvalue weighted by atomic mass is 19.1. The minimum atomic E-state index is -0.703. The molecule has 0 unspecified atom stereocenters. The third-order valence-corrected chi connectivity index (χ3v) is 2.73. The maximum absolute atomic E-state index is 12.8. The van der Waals surface area contributed by atoms with Gasteiger partial charge in [0.1, 0.15) is 24.1 Å². The molecule has 3 nitrogen and oxygen atoms in total. The molecule has 2 aromatic carbocycles. The molecule has 0 saturated heterocycles. The van der Waals surface area contributed by atoms with Crippen molar-refractivity contribution in [2.24, 2.45) is 0 Å². The molecule has 0 atom stereocenters. The Kier molecular flexibility index (Phi) is 4.84. The topological polar surface area (TPSA) is 50.1 Å². The minimum Gasteiger partial charge on any atom is -0.457 e. The van der Waals surface area contributed by atoms with Gasteiger partial charge in [0, 0.05) is 0 Å². The van der Waals surface area contributed by atoms with Crippen LogP contribution < -0.4 is 0 Å². The molecule has 0 heterocycles. The first-order valence-corrected chi connectivity index (χ1v) is 6.27. The molecule has 0 fully saturated rings. The molecule has 0 aliphatic heterocycles. The first-order chi connectivity index (χ1) is 10.2. The first-order valence-electron chi connectivity index (χ1n) is 6.27. The fourth-order valence-corrected chi connectivity index (χ4v) is 1.66. The Morgan fingerprint density at radius 1 is 1.14 bits per heavy atom. The summed E-state index contributed by atoms with van der Waals surface area (Å²) in [5.74, 6) is -1.06. The molecule has 21 heavy (non-hydrogen) atoms. The number of ether oxygens (including phenoxy) is 1. The molecular weight excluding hydrogens is 269 g/mol. The highest BCUT2D eigenvalue weighted by Crippen LogP contribution is 2.10. The van der Waals surface area contributed by atoms with Crippen LogP contribution in [-0.2, 0) is 16.1 Å². The highest BCUT2D eigenvalue weighted by Gasteiger charge is 2.10. The summed E-state index contributed by atoms with van der Waals surface area (Å²) in [5, 5.41) is 9.02. The van der Waals surface area contributed by atoms with E-state index in [4.69, 9.17) is 10.00 Å². The summed E-state index contributed by atoms with van der Waals surface area (Å²) in [6.07, 6.45) is 1.47. The smallest absolute Gasteiger partial charge is 0.349 e. The molecule has 0 bridgehead atoms. The summed E-state index contributed by atoms with van der Waals surface area (Å²) >= 11 is 0. The van der Waals surface area contributed by atoms with E-state index in [0.29, 0.717) is 5.56 Å². The van der Waals surface area contributed by atoms with Gasteiger partial charge in [-0.2, -0.15) is 5.26 Å². The van der Waals surface area contributed by atoms with E-state index in [1.807, 2.05) is 24.3 Å². The van der Waals surface area contributed by atoms with Crippen molar-refractivity contribution >= 4 is 12.0 Å². The zero-order chi connectivity index (χ0) is 15.1. The third-order valence-electron chi connectivity index (χ3n) is 2.73. The van der Waals surface area contributed by atoms with Crippen LogP contribution in [0.4, 0.5) is 4.39 Å². The van der Waals surface area contributed by atoms with Gasteiger partial charge in [-0.05, 0) is 29.3 Å². The van der Waals surface area contributed by atoms with Crippen LogP contribution in [0.1, 0.15) is 11.1 Å². The average Bonchev–Trinajstić information content (AvgIpc) is 2.52. The van der Waals surface area contributed by atoms with Crippen LogP contribution in [-0.4, -0.2) is 5.97 Å². The Balaban J connectivity index is 2.03. The van der Waals surface area contributed by atoms with Crippen LogP contribution in [0.3, 0.4) is 0 Å². The van der Waals surface area contributed by atoms with E-state index >= 15 is 0 Å². The number of hydrogen-bond acceptors (Lipinski definition) is 3. The number of rotatable bonds is 4. The molecule has 0 N–H and O–H groups in total. The summed E-state index contributed by atoms with van der Waals surface area (Å²) in [5.41, 5.74) is 1.32. The maximum Gasteiger partial charge on any atom is 0.349 e. The number of nitriles is 1. The Bertz CT molecular complexity index is 685. The molecule has 2 rings (SSSR count). The van der Waals surface area contributed by atoms with Crippen molar-refractivity contribution in [3.8, 4) is 6.07 Å². The number of esters is 1. The van der Waals surface area contributed by atoms with Crippen molar-refractivity contribution in [3.63, 3.8) is 0 Å². The standard InChI is InChI=1S/C17H12FNO2/c18-16-8-6-14(7-9-16)12-21-17(20)15(11-19)10-13-4-2-1-3-5-13/h1-10H,12H2. The largest absolute Gasteiger partial charge is 0.457 e. The molecule has 0 aromatic heterocycles. The van der Waals surface area contributed by atoms with Gasteiger partial charge >= 0.3 is 5.97 Å². The van der Waals surface area contributed by atoms with E-state index in [0.717, 1.165) is 5.56 Å². The Morgan fingerprint density at radius 2 is 1.81 bits per heavy atom. The second-order valence-electron chi connectivity index (χ2n) is 4.28. The lowest BCUT2D eigenvalue weighted by Crippen LogP contribution is -2.06. The predicted octanol–water partition coefficient (Wildman–Crippen LogP) is 3.48. The normalized spacial score (nSPS) is 10.8. The lowest BCUT2D eigenvalue weighted by atomic mass is 10.1. The van der Waals surface area contributed by atoms with Crippen LogP contribution in [0.15, 0.2) is 60.2 Å². The summed E-state index contributed by atoms with van der Waals surface area (Å²) in [6, 6.07) is 16.5. The third kappa shape index (κ3) is 4.29. The van der Waals surface area contributed by atoms with Crippen molar-refractivity contribution in [2.75, 3.05) is 0 Å². The molecule has 0 aliphatic carbocycles. The fourth-order valence-electron chi connectivity index (χ4n) is 1.66. The zero-order valence-corrected chi connectivity index (χ0v) is 11.1. The quantitative estimate of drug-likeness (QED) is 0.490. The van der Waals surface area contributed by atoms with Gasteiger partial charge in [0.05, 0.1) is 0 Å². The van der Waals surface area contributed by atoms with Gasteiger partial charge in [0.2, 0.25) is 0 Å². The van der Waals surface area contributed by atoms with E-state index in [2.05, 4.69) is 0 Å². The van der Waals surface area contributed by atoms with E-state index in [-0.39, 0.29) is 18.0 Å². The molecule has 0 spiro atoms. The van der Waals surface area contributed by atoms with Crippen molar-refractivity contribution < 1.29 is 13.9 Å². The monoisotopic (exact) mass is 281 g/mol. The van der Waals surface area contributed by atoms with Crippen LogP contribution >= 0.6 is 0 Å². The lowest BCUT2D eigenvalue weighted by Gasteiger charge is -2.04. The van der Waals surface area contributed by atoms with Crippen LogP contribution in [0.2, 0.25) is 0 Å². The highest BCUT2D eigenvalue weighted by molar-refractivity contribution is 5.97. The number of benzene rings is 2. The number of hydrogen-bond donors (Lipinski definition) is 0. The van der Waals surface area contributed by atoms with Gasteiger partial charge in [-0.15, -0.1) is 0 Å². The van der Waals surface area contributed by atoms with Crippen LogP contribution in [0.5, 0.6) is 0 Å². The first kappa shape index (κ1) is 14.5. The SMILES string of the molecule is N#CC(=Cc1ccccc1)C(=O)OCc1ccc(F)cc1. The number of carbonyl (C=O) groups excluding carboxylic acids is 1. The van der Waals surface area contributed by atoms with E-state index in [1.54, 1.807) is 12.1 Å². The van der Waals surface area contributed by atoms with Gasteiger partial charge < -0.3 is 4.74 Å². The van der Waals surface area contributed by atoms with E-state index in [1.165, 1.54) is 30.3 Å².